The zero-order chi connectivity index (χ0) is 23.5. The Morgan fingerprint density at radius 2 is 1.78 bits per heavy atom. The minimum absolute atomic E-state index is 0.363. The summed E-state index contributed by atoms with van der Waals surface area (Å²) in [5.74, 6) is 0. The number of nitrogens with zero attached hydrogens (tertiary/aromatic N) is 4. The zero-order valence-corrected chi connectivity index (χ0v) is 18.9. The second-order valence-electron chi connectivity index (χ2n) is 6.90. The maximum absolute atomic E-state index is 13.3. The van der Waals surface area contributed by atoms with Crippen LogP contribution in [-0.4, -0.2) is 26.4 Å². The molecule has 32 heavy (non-hydrogen) atoms. The molecule has 0 aromatic heterocycles. The zero-order valence-electron chi connectivity index (χ0n) is 17.3. The van der Waals surface area contributed by atoms with Crippen LogP contribution in [0, 0.1) is 10.1 Å². The summed E-state index contributed by atoms with van der Waals surface area (Å²) in [5, 5.41) is 20.8. The predicted octanol–water partition coefficient (Wildman–Crippen LogP) is 6.71. The molecule has 0 amide bonds. The Labute approximate surface area is 189 Å². The highest BCUT2D eigenvalue weighted by Crippen LogP contribution is 2.40. The number of anilines is 1. The number of nitro benzene ring substituents is 1. The standard InChI is InChI=1S/C21H20ClFN4O4S/c1-3-11-26(4-2)19-10-9-18(15-7-5-6-8-16(15)19)24-25-21-17(22)12-14(32(23,30)31)13-20(21)27(28)29/h5-10,12-13H,3-4,11H2,1-2H3. The lowest BCUT2D eigenvalue weighted by Crippen LogP contribution is -2.23. The van der Waals surface area contributed by atoms with Crippen molar-refractivity contribution in [1.82, 2.24) is 0 Å². The van der Waals surface area contributed by atoms with Crippen molar-refractivity contribution in [1.29, 1.82) is 0 Å². The van der Waals surface area contributed by atoms with Crippen LogP contribution in [0.3, 0.4) is 0 Å². The highest BCUT2D eigenvalue weighted by Gasteiger charge is 2.24. The summed E-state index contributed by atoms with van der Waals surface area (Å²) >= 11 is 5.99. The first-order chi connectivity index (χ1) is 15.2. The SMILES string of the molecule is CCCN(CC)c1ccc(N=Nc2c(Cl)cc(S(=O)(=O)F)cc2[N+](=O)[O-])c2ccccc12. The van der Waals surface area contributed by atoms with E-state index in [-0.39, 0.29) is 5.69 Å². The van der Waals surface area contributed by atoms with Crippen LogP contribution in [0.1, 0.15) is 20.3 Å². The van der Waals surface area contributed by atoms with Gasteiger partial charge in [0.05, 0.1) is 15.6 Å². The van der Waals surface area contributed by atoms with E-state index >= 15 is 0 Å². The Bertz CT molecular complexity index is 1310. The molecule has 0 bridgehead atoms. The van der Waals surface area contributed by atoms with E-state index in [4.69, 9.17) is 11.6 Å². The first-order valence-electron chi connectivity index (χ1n) is 9.78. The molecule has 0 radical (unpaired) electrons. The average Bonchev–Trinajstić information content (AvgIpc) is 2.75. The van der Waals surface area contributed by atoms with Crippen molar-refractivity contribution in [2.24, 2.45) is 10.2 Å². The Kier molecular flexibility index (Phi) is 7.05. The van der Waals surface area contributed by atoms with Crippen LogP contribution in [0.5, 0.6) is 0 Å². The predicted molar refractivity (Wildman–Crippen MR) is 123 cm³/mol. The number of fused-ring (bicyclic) bond motifs is 1. The maximum atomic E-state index is 13.3. The molecule has 0 aliphatic heterocycles. The van der Waals surface area contributed by atoms with Gasteiger partial charge in [0.15, 0.2) is 5.69 Å². The average molecular weight is 479 g/mol. The van der Waals surface area contributed by atoms with Crippen LogP contribution >= 0.6 is 11.6 Å². The van der Waals surface area contributed by atoms with E-state index in [1.54, 1.807) is 6.07 Å². The lowest BCUT2D eigenvalue weighted by atomic mass is 10.1. The lowest BCUT2D eigenvalue weighted by molar-refractivity contribution is -0.384. The van der Waals surface area contributed by atoms with Crippen LogP contribution in [-0.2, 0) is 10.2 Å². The molecule has 3 aromatic rings. The van der Waals surface area contributed by atoms with E-state index in [1.165, 1.54) is 0 Å². The van der Waals surface area contributed by atoms with Crippen LogP contribution in [0.25, 0.3) is 10.8 Å². The van der Waals surface area contributed by atoms with Crippen molar-refractivity contribution in [3.05, 3.63) is 63.7 Å². The summed E-state index contributed by atoms with van der Waals surface area (Å²) in [6, 6.07) is 12.6. The number of azo groups is 1. The molecule has 0 spiro atoms. The molecule has 0 aliphatic rings. The maximum Gasteiger partial charge on any atom is 0.332 e. The Balaban J connectivity index is 2.13. The molecule has 0 aliphatic carbocycles. The Morgan fingerprint density at radius 3 is 2.38 bits per heavy atom. The van der Waals surface area contributed by atoms with E-state index < -0.39 is 30.8 Å². The second-order valence-corrected chi connectivity index (χ2v) is 8.65. The molecule has 168 valence electrons. The molecule has 0 atom stereocenters. The molecule has 3 rings (SSSR count). The van der Waals surface area contributed by atoms with Gasteiger partial charge in [0.1, 0.15) is 4.90 Å². The van der Waals surface area contributed by atoms with E-state index in [9.17, 15) is 22.4 Å². The highest BCUT2D eigenvalue weighted by atomic mass is 35.5. The third-order valence-corrected chi connectivity index (χ3v) is 5.93. The van der Waals surface area contributed by atoms with Crippen LogP contribution in [0.4, 0.5) is 26.6 Å². The van der Waals surface area contributed by atoms with E-state index in [0.29, 0.717) is 11.8 Å². The van der Waals surface area contributed by atoms with Gasteiger partial charge in [0.2, 0.25) is 0 Å². The largest absolute Gasteiger partial charge is 0.371 e. The van der Waals surface area contributed by atoms with Gasteiger partial charge >= 0.3 is 10.2 Å². The summed E-state index contributed by atoms with van der Waals surface area (Å²) in [6.07, 6.45) is 0.983. The molecule has 11 heteroatoms. The fourth-order valence-corrected chi connectivity index (χ4v) is 4.22. The van der Waals surface area contributed by atoms with E-state index in [0.717, 1.165) is 42.0 Å². The molecule has 3 aromatic carbocycles. The molecule has 8 nitrogen and oxygen atoms in total. The van der Waals surface area contributed by atoms with Crippen molar-refractivity contribution in [3.63, 3.8) is 0 Å². The van der Waals surface area contributed by atoms with Crippen molar-refractivity contribution in [2.45, 2.75) is 25.2 Å². The first-order valence-corrected chi connectivity index (χ1v) is 11.5. The van der Waals surface area contributed by atoms with Gasteiger partial charge in [-0.05, 0) is 31.5 Å². The summed E-state index contributed by atoms with van der Waals surface area (Å²) in [7, 11) is -5.18. The van der Waals surface area contributed by atoms with Gasteiger partial charge in [-0.25, -0.2) is 0 Å². The second kappa shape index (κ2) is 9.58. The Hall–Kier alpha value is -3.11. The van der Waals surface area contributed by atoms with Crippen molar-refractivity contribution in [3.8, 4) is 0 Å². The van der Waals surface area contributed by atoms with Gasteiger partial charge in [-0.3, -0.25) is 10.1 Å². The van der Waals surface area contributed by atoms with E-state index in [2.05, 4.69) is 29.0 Å². The summed E-state index contributed by atoms with van der Waals surface area (Å²) in [5.41, 5.74) is 0.353. The molecule has 0 saturated heterocycles. The fourth-order valence-electron chi connectivity index (χ4n) is 3.39. The van der Waals surface area contributed by atoms with Crippen LogP contribution in [0.15, 0.2) is 63.7 Å². The normalized spacial score (nSPS) is 11.9. The molecule has 0 fully saturated rings. The minimum atomic E-state index is -5.18. The van der Waals surface area contributed by atoms with Gasteiger partial charge < -0.3 is 4.90 Å². The molecular weight excluding hydrogens is 459 g/mol. The monoisotopic (exact) mass is 478 g/mol. The van der Waals surface area contributed by atoms with Crippen molar-refractivity contribution in [2.75, 3.05) is 18.0 Å². The molecule has 0 unspecified atom stereocenters. The smallest absolute Gasteiger partial charge is 0.332 e. The topological polar surface area (TPSA) is 105 Å². The molecule has 0 saturated carbocycles. The number of hydrogen-bond donors (Lipinski definition) is 0. The summed E-state index contributed by atoms with van der Waals surface area (Å²) < 4.78 is 35.6. The molecule has 0 N–H and O–H groups in total. The van der Waals surface area contributed by atoms with Crippen molar-refractivity contribution >= 4 is 55.3 Å². The fraction of sp³-hybridized carbons (Fsp3) is 0.238. The van der Waals surface area contributed by atoms with Gasteiger partial charge in [0.25, 0.3) is 5.69 Å². The van der Waals surface area contributed by atoms with Gasteiger partial charge in [-0.1, -0.05) is 42.8 Å². The van der Waals surface area contributed by atoms with E-state index in [1.807, 2.05) is 30.3 Å². The van der Waals surface area contributed by atoms with Crippen LogP contribution < -0.4 is 4.90 Å². The van der Waals surface area contributed by atoms with Gasteiger partial charge in [0, 0.05) is 35.6 Å². The van der Waals surface area contributed by atoms with Crippen molar-refractivity contribution < 1.29 is 17.2 Å². The highest BCUT2D eigenvalue weighted by molar-refractivity contribution is 7.86. The Morgan fingerprint density at radius 1 is 1.09 bits per heavy atom. The summed E-state index contributed by atoms with van der Waals surface area (Å²) in [4.78, 5) is 11.8. The quantitative estimate of drug-likeness (QED) is 0.155. The lowest BCUT2D eigenvalue weighted by Gasteiger charge is -2.24. The van der Waals surface area contributed by atoms with Gasteiger partial charge in [-0.15, -0.1) is 14.1 Å². The number of nitro groups is 1. The third-order valence-electron chi connectivity index (χ3n) is 4.85. The number of benzene rings is 3. The van der Waals surface area contributed by atoms with Gasteiger partial charge in [-0.2, -0.15) is 8.42 Å². The van der Waals surface area contributed by atoms with Crippen LogP contribution in [0.2, 0.25) is 5.02 Å². The third kappa shape index (κ3) is 4.86. The number of halogens is 2. The number of rotatable bonds is 8. The summed E-state index contributed by atoms with van der Waals surface area (Å²) in [6.45, 7) is 5.88. The minimum Gasteiger partial charge on any atom is -0.371 e. The molecular formula is C21H20ClFN4O4S. The first kappa shape index (κ1) is 23.6. The molecule has 0 heterocycles. The number of hydrogen-bond acceptors (Lipinski definition) is 7.